The molecule has 0 bridgehead atoms. The lowest BCUT2D eigenvalue weighted by atomic mass is 10.0. The Labute approximate surface area is 148 Å². The van der Waals surface area contributed by atoms with Crippen LogP contribution in [0.2, 0.25) is 0 Å². The molecule has 3 aromatic rings. The highest BCUT2D eigenvalue weighted by Crippen LogP contribution is 2.42. The summed E-state index contributed by atoms with van der Waals surface area (Å²) in [5, 5.41) is 1.25. The standard InChI is InChI=1S/C20H21N3.ClH/c1-13-6-5-8-17-19(13)22-14(2)16-10-11-23(20(16)17)18-9-4-3-7-15(18)12-21;/h3-9H,10-12,21H2,1-2H3;1H. The van der Waals surface area contributed by atoms with Gasteiger partial charge in [-0.2, -0.15) is 0 Å². The third-order valence-electron chi connectivity index (χ3n) is 4.85. The molecular weight excluding hydrogens is 318 g/mol. The van der Waals surface area contributed by atoms with Gasteiger partial charge in [-0.05, 0) is 43.0 Å². The number of halogens is 1. The second-order valence-electron chi connectivity index (χ2n) is 6.23. The van der Waals surface area contributed by atoms with Crippen molar-refractivity contribution in [3.63, 3.8) is 0 Å². The van der Waals surface area contributed by atoms with Crippen molar-refractivity contribution in [1.82, 2.24) is 4.98 Å². The Balaban J connectivity index is 0.00000169. The fourth-order valence-corrected chi connectivity index (χ4v) is 3.70. The molecule has 1 aliphatic rings. The number of hydrogen-bond donors (Lipinski definition) is 1. The largest absolute Gasteiger partial charge is 0.340 e. The zero-order valence-corrected chi connectivity index (χ0v) is 14.9. The lowest BCUT2D eigenvalue weighted by Gasteiger charge is -2.24. The Morgan fingerprint density at radius 2 is 1.88 bits per heavy atom. The van der Waals surface area contributed by atoms with Crippen molar-refractivity contribution in [2.45, 2.75) is 26.8 Å². The highest BCUT2D eigenvalue weighted by atomic mass is 35.5. The molecule has 1 aromatic heterocycles. The molecule has 0 fully saturated rings. The molecule has 4 rings (SSSR count). The molecule has 3 nitrogen and oxygen atoms in total. The normalized spacial score (nSPS) is 13.0. The Kier molecular flexibility index (Phi) is 4.48. The Bertz CT molecular complexity index is 905. The van der Waals surface area contributed by atoms with Gasteiger partial charge >= 0.3 is 0 Å². The third-order valence-corrected chi connectivity index (χ3v) is 4.85. The fourth-order valence-electron chi connectivity index (χ4n) is 3.70. The van der Waals surface area contributed by atoms with E-state index < -0.39 is 0 Å². The van der Waals surface area contributed by atoms with Gasteiger partial charge in [0.1, 0.15) is 0 Å². The first-order chi connectivity index (χ1) is 11.2. The Morgan fingerprint density at radius 3 is 2.67 bits per heavy atom. The molecule has 124 valence electrons. The SMILES string of the molecule is Cc1nc2c(C)cccc2c2c1CCN2c1ccccc1CN.Cl. The van der Waals surface area contributed by atoms with Gasteiger partial charge < -0.3 is 10.6 Å². The average molecular weight is 340 g/mol. The fraction of sp³-hybridized carbons (Fsp3) is 0.250. The highest BCUT2D eigenvalue weighted by molar-refractivity contribution is 5.98. The van der Waals surface area contributed by atoms with E-state index in [1.807, 2.05) is 0 Å². The van der Waals surface area contributed by atoms with E-state index in [1.54, 1.807) is 0 Å². The van der Waals surface area contributed by atoms with E-state index >= 15 is 0 Å². The van der Waals surface area contributed by atoms with E-state index in [1.165, 1.54) is 33.5 Å². The van der Waals surface area contributed by atoms with Crippen molar-refractivity contribution >= 4 is 34.7 Å². The van der Waals surface area contributed by atoms with E-state index in [-0.39, 0.29) is 12.4 Å². The first kappa shape index (κ1) is 16.7. The average Bonchev–Trinajstić information content (AvgIpc) is 3.02. The van der Waals surface area contributed by atoms with E-state index in [4.69, 9.17) is 10.7 Å². The number of benzene rings is 2. The van der Waals surface area contributed by atoms with Gasteiger partial charge in [-0.25, -0.2) is 0 Å². The van der Waals surface area contributed by atoms with Gasteiger partial charge in [0.15, 0.2) is 0 Å². The number of anilines is 2. The van der Waals surface area contributed by atoms with Crippen molar-refractivity contribution in [2.75, 3.05) is 11.4 Å². The molecule has 2 aromatic carbocycles. The van der Waals surface area contributed by atoms with Gasteiger partial charge in [0, 0.05) is 29.9 Å². The summed E-state index contributed by atoms with van der Waals surface area (Å²) >= 11 is 0. The number of aryl methyl sites for hydroxylation is 2. The molecule has 2 N–H and O–H groups in total. The maximum absolute atomic E-state index is 5.97. The predicted molar refractivity (Wildman–Crippen MR) is 104 cm³/mol. The number of nitrogens with zero attached hydrogens (tertiary/aromatic N) is 2. The van der Waals surface area contributed by atoms with E-state index in [0.717, 1.165) is 24.2 Å². The van der Waals surface area contributed by atoms with Crippen LogP contribution in [0.5, 0.6) is 0 Å². The predicted octanol–water partition coefficient (Wildman–Crippen LogP) is 4.43. The van der Waals surface area contributed by atoms with Gasteiger partial charge in [-0.15, -0.1) is 12.4 Å². The van der Waals surface area contributed by atoms with Gasteiger partial charge in [0.05, 0.1) is 11.2 Å². The molecule has 4 heteroatoms. The summed E-state index contributed by atoms with van der Waals surface area (Å²) in [5.41, 5.74) is 14.6. The quantitative estimate of drug-likeness (QED) is 0.751. The van der Waals surface area contributed by atoms with Gasteiger partial charge in [-0.3, -0.25) is 4.98 Å². The molecular formula is C20H22ClN3. The van der Waals surface area contributed by atoms with Crippen LogP contribution in [0.15, 0.2) is 42.5 Å². The maximum Gasteiger partial charge on any atom is 0.0755 e. The molecule has 0 unspecified atom stereocenters. The molecule has 24 heavy (non-hydrogen) atoms. The molecule has 0 saturated heterocycles. The number of aromatic nitrogens is 1. The summed E-state index contributed by atoms with van der Waals surface area (Å²) in [6.07, 6.45) is 1.04. The van der Waals surface area contributed by atoms with Crippen LogP contribution in [0.25, 0.3) is 10.9 Å². The molecule has 2 heterocycles. The Hall–Kier alpha value is -2.10. The number of pyridine rings is 1. The first-order valence-electron chi connectivity index (χ1n) is 8.15. The van der Waals surface area contributed by atoms with Crippen molar-refractivity contribution in [3.05, 3.63) is 64.8 Å². The monoisotopic (exact) mass is 339 g/mol. The lowest BCUT2D eigenvalue weighted by molar-refractivity contribution is 0.967. The number of rotatable bonds is 2. The molecule has 0 radical (unpaired) electrons. The third kappa shape index (κ3) is 2.45. The minimum Gasteiger partial charge on any atom is -0.340 e. The van der Waals surface area contributed by atoms with Crippen molar-refractivity contribution < 1.29 is 0 Å². The number of para-hydroxylation sites is 2. The van der Waals surface area contributed by atoms with Gasteiger partial charge in [-0.1, -0.05) is 36.4 Å². The van der Waals surface area contributed by atoms with Gasteiger partial charge in [0.25, 0.3) is 0 Å². The highest BCUT2D eigenvalue weighted by Gasteiger charge is 2.26. The molecule has 0 aliphatic carbocycles. The molecule has 0 saturated carbocycles. The zero-order chi connectivity index (χ0) is 16.0. The van der Waals surface area contributed by atoms with Crippen LogP contribution in [0.1, 0.15) is 22.4 Å². The van der Waals surface area contributed by atoms with Crippen LogP contribution in [0, 0.1) is 13.8 Å². The summed E-state index contributed by atoms with van der Waals surface area (Å²) in [5.74, 6) is 0. The van der Waals surface area contributed by atoms with E-state index in [9.17, 15) is 0 Å². The topological polar surface area (TPSA) is 42.2 Å². The lowest BCUT2D eigenvalue weighted by Crippen LogP contribution is -2.16. The first-order valence-corrected chi connectivity index (χ1v) is 8.15. The van der Waals surface area contributed by atoms with Crippen LogP contribution in [0.4, 0.5) is 11.4 Å². The van der Waals surface area contributed by atoms with Crippen LogP contribution in [-0.4, -0.2) is 11.5 Å². The molecule has 0 amide bonds. The van der Waals surface area contributed by atoms with Crippen LogP contribution in [0.3, 0.4) is 0 Å². The number of hydrogen-bond acceptors (Lipinski definition) is 3. The van der Waals surface area contributed by atoms with Crippen LogP contribution in [-0.2, 0) is 13.0 Å². The maximum atomic E-state index is 5.97. The second kappa shape index (κ2) is 6.42. The van der Waals surface area contributed by atoms with Gasteiger partial charge in [0.2, 0.25) is 0 Å². The minimum atomic E-state index is 0. The number of fused-ring (bicyclic) bond motifs is 3. The molecule has 0 spiro atoms. The summed E-state index contributed by atoms with van der Waals surface area (Å²) in [4.78, 5) is 7.29. The summed E-state index contributed by atoms with van der Waals surface area (Å²) in [6.45, 7) is 5.81. The molecule has 1 aliphatic heterocycles. The van der Waals surface area contributed by atoms with Crippen molar-refractivity contribution in [1.29, 1.82) is 0 Å². The van der Waals surface area contributed by atoms with Crippen LogP contribution >= 0.6 is 12.4 Å². The minimum absolute atomic E-state index is 0. The Morgan fingerprint density at radius 1 is 1.08 bits per heavy atom. The smallest absolute Gasteiger partial charge is 0.0755 e. The van der Waals surface area contributed by atoms with Crippen molar-refractivity contribution in [2.24, 2.45) is 5.73 Å². The number of nitrogens with two attached hydrogens (primary N) is 1. The second-order valence-corrected chi connectivity index (χ2v) is 6.23. The summed E-state index contributed by atoms with van der Waals surface area (Å²) in [7, 11) is 0. The van der Waals surface area contributed by atoms with Crippen molar-refractivity contribution in [3.8, 4) is 0 Å². The van der Waals surface area contributed by atoms with E-state index in [2.05, 4.69) is 61.2 Å². The summed E-state index contributed by atoms with van der Waals surface area (Å²) < 4.78 is 0. The van der Waals surface area contributed by atoms with E-state index in [0.29, 0.717) is 6.54 Å². The molecule has 0 atom stereocenters. The summed E-state index contributed by atoms with van der Waals surface area (Å²) in [6, 6.07) is 14.9. The zero-order valence-electron chi connectivity index (χ0n) is 14.0. The van der Waals surface area contributed by atoms with Crippen LogP contribution < -0.4 is 10.6 Å².